The molecule has 7 nitrogen and oxygen atoms in total. The van der Waals surface area contributed by atoms with Gasteiger partial charge in [-0.1, -0.05) is 17.3 Å². The van der Waals surface area contributed by atoms with Crippen molar-refractivity contribution in [1.82, 2.24) is 14.4 Å². The first-order chi connectivity index (χ1) is 15.2. The van der Waals surface area contributed by atoms with Gasteiger partial charge in [-0.05, 0) is 49.2 Å². The van der Waals surface area contributed by atoms with Crippen molar-refractivity contribution in [2.24, 2.45) is 0 Å². The summed E-state index contributed by atoms with van der Waals surface area (Å²) in [6, 6.07) is 10.7. The third-order valence-electron chi connectivity index (χ3n) is 5.41. The zero-order valence-corrected chi connectivity index (χ0v) is 17.9. The second-order valence-corrected chi connectivity index (χ2v) is 9.32. The lowest BCUT2D eigenvalue weighted by Gasteiger charge is -2.29. The molecule has 4 rings (SSSR count). The van der Waals surface area contributed by atoms with Gasteiger partial charge in [0, 0.05) is 24.6 Å². The number of ether oxygens (including phenoxy) is 1. The number of methoxy groups -OCH3 is 1. The number of alkyl halides is 3. The van der Waals surface area contributed by atoms with E-state index in [-0.39, 0.29) is 29.7 Å². The molecule has 0 bridgehead atoms. The molecule has 1 aromatic heterocycles. The van der Waals surface area contributed by atoms with Crippen molar-refractivity contribution < 1.29 is 30.8 Å². The quantitative estimate of drug-likeness (QED) is 0.555. The van der Waals surface area contributed by atoms with Crippen LogP contribution in [-0.2, 0) is 16.2 Å². The molecule has 0 amide bonds. The molecule has 0 radical (unpaired) electrons. The van der Waals surface area contributed by atoms with Crippen LogP contribution in [0.2, 0.25) is 0 Å². The minimum Gasteiger partial charge on any atom is -0.497 e. The average molecular weight is 467 g/mol. The molecule has 0 unspecified atom stereocenters. The van der Waals surface area contributed by atoms with Crippen LogP contribution in [0.25, 0.3) is 11.4 Å². The maximum Gasteiger partial charge on any atom is 0.416 e. The van der Waals surface area contributed by atoms with Gasteiger partial charge in [0.05, 0.1) is 17.6 Å². The van der Waals surface area contributed by atoms with Crippen LogP contribution in [0.15, 0.2) is 57.9 Å². The molecule has 2 aromatic carbocycles. The minimum absolute atomic E-state index is 0.131. The SMILES string of the molecule is COc1ccc(S(=O)(=O)N2CCC(c3nc(-c4ccc(C(F)(F)F)cc4)no3)CC2)cc1. The van der Waals surface area contributed by atoms with Crippen molar-refractivity contribution in [2.75, 3.05) is 20.2 Å². The number of piperidine rings is 1. The van der Waals surface area contributed by atoms with Crippen LogP contribution in [0.1, 0.15) is 30.2 Å². The summed E-state index contributed by atoms with van der Waals surface area (Å²) < 4.78 is 75.7. The van der Waals surface area contributed by atoms with E-state index in [0.29, 0.717) is 30.0 Å². The summed E-state index contributed by atoms with van der Waals surface area (Å²) in [6.07, 6.45) is -3.44. The molecule has 1 aliphatic heterocycles. The summed E-state index contributed by atoms with van der Waals surface area (Å²) in [7, 11) is -2.12. The van der Waals surface area contributed by atoms with Gasteiger partial charge in [0.25, 0.3) is 0 Å². The molecular weight excluding hydrogens is 447 g/mol. The number of rotatable bonds is 5. The molecule has 32 heavy (non-hydrogen) atoms. The Morgan fingerprint density at radius 1 is 1.03 bits per heavy atom. The van der Waals surface area contributed by atoms with E-state index in [1.165, 1.54) is 35.7 Å². The Morgan fingerprint density at radius 3 is 2.22 bits per heavy atom. The lowest BCUT2D eigenvalue weighted by atomic mass is 9.98. The molecule has 11 heteroatoms. The fourth-order valence-electron chi connectivity index (χ4n) is 3.57. The van der Waals surface area contributed by atoms with Crippen LogP contribution in [0.3, 0.4) is 0 Å². The predicted octanol–water partition coefficient (Wildman–Crippen LogP) is 4.33. The first-order valence-corrected chi connectivity index (χ1v) is 11.3. The fourth-order valence-corrected chi connectivity index (χ4v) is 5.04. The highest BCUT2D eigenvalue weighted by atomic mass is 32.2. The van der Waals surface area contributed by atoms with Gasteiger partial charge in [0.1, 0.15) is 5.75 Å². The van der Waals surface area contributed by atoms with Gasteiger partial charge in [-0.25, -0.2) is 8.42 Å². The molecule has 3 aromatic rings. The molecule has 1 fully saturated rings. The van der Waals surface area contributed by atoms with E-state index in [1.807, 2.05) is 0 Å². The molecule has 2 heterocycles. The second kappa shape index (κ2) is 8.55. The Balaban J connectivity index is 1.42. The molecular formula is C21H20F3N3O4S. The largest absolute Gasteiger partial charge is 0.497 e. The minimum atomic E-state index is -4.42. The van der Waals surface area contributed by atoms with Gasteiger partial charge >= 0.3 is 6.18 Å². The van der Waals surface area contributed by atoms with E-state index in [2.05, 4.69) is 10.1 Å². The van der Waals surface area contributed by atoms with Gasteiger partial charge in [0.2, 0.25) is 21.7 Å². The summed E-state index contributed by atoms with van der Waals surface area (Å²) in [6.45, 7) is 0.577. The maximum atomic E-state index is 12.9. The third kappa shape index (κ3) is 4.49. The van der Waals surface area contributed by atoms with Crippen LogP contribution in [0.4, 0.5) is 13.2 Å². The number of halogens is 3. The van der Waals surface area contributed by atoms with Gasteiger partial charge in [-0.2, -0.15) is 22.5 Å². The lowest BCUT2D eigenvalue weighted by molar-refractivity contribution is -0.137. The normalized spacial score (nSPS) is 16.2. The molecule has 0 saturated carbocycles. The number of hydrogen-bond donors (Lipinski definition) is 0. The highest BCUT2D eigenvalue weighted by Crippen LogP contribution is 2.33. The van der Waals surface area contributed by atoms with Crippen molar-refractivity contribution in [1.29, 1.82) is 0 Å². The van der Waals surface area contributed by atoms with Gasteiger partial charge < -0.3 is 9.26 Å². The molecule has 0 spiro atoms. The summed E-state index contributed by atoms with van der Waals surface area (Å²) in [4.78, 5) is 4.51. The van der Waals surface area contributed by atoms with E-state index in [4.69, 9.17) is 9.26 Å². The Labute approximate surface area is 182 Å². The first kappa shape index (κ1) is 22.3. The van der Waals surface area contributed by atoms with Crippen LogP contribution < -0.4 is 4.74 Å². The molecule has 1 aliphatic rings. The number of aromatic nitrogens is 2. The van der Waals surface area contributed by atoms with E-state index in [9.17, 15) is 21.6 Å². The van der Waals surface area contributed by atoms with Gasteiger partial charge in [0.15, 0.2) is 0 Å². The zero-order valence-electron chi connectivity index (χ0n) is 17.0. The Kier molecular flexibility index (Phi) is 5.95. The van der Waals surface area contributed by atoms with Crippen LogP contribution in [0.5, 0.6) is 5.75 Å². The topological polar surface area (TPSA) is 85.5 Å². The first-order valence-electron chi connectivity index (χ1n) is 9.84. The van der Waals surface area contributed by atoms with E-state index >= 15 is 0 Å². The number of hydrogen-bond acceptors (Lipinski definition) is 6. The molecule has 0 aliphatic carbocycles. The summed E-state index contributed by atoms with van der Waals surface area (Å²) >= 11 is 0. The molecule has 0 atom stereocenters. The summed E-state index contributed by atoms with van der Waals surface area (Å²) in [5.41, 5.74) is -0.345. The van der Waals surface area contributed by atoms with Gasteiger partial charge in [-0.15, -0.1) is 0 Å². The van der Waals surface area contributed by atoms with Crippen molar-refractivity contribution >= 4 is 10.0 Å². The number of sulfonamides is 1. The second-order valence-electron chi connectivity index (χ2n) is 7.39. The summed E-state index contributed by atoms with van der Waals surface area (Å²) in [5, 5.41) is 3.87. The van der Waals surface area contributed by atoms with Crippen molar-refractivity contribution in [3.05, 3.63) is 60.0 Å². The van der Waals surface area contributed by atoms with E-state index in [1.54, 1.807) is 12.1 Å². The lowest BCUT2D eigenvalue weighted by Crippen LogP contribution is -2.37. The Morgan fingerprint density at radius 2 is 1.66 bits per heavy atom. The molecule has 1 saturated heterocycles. The van der Waals surface area contributed by atoms with Gasteiger partial charge in [-0.3, -0.25) is 0 Å². The van der Waals surface area contributed by atoms with Crippen LogP contribution in [-0.4, -0.2) is 43.1 Å². The zero-order chi connectivity index (χ0) is 22.9. The number of benzene rings is 2. The van der Waals surface area contributed by atoms with Crippen molar-refractivity contribution in [3.8, 4) is 17.1 Å². The van der Waals surface area contributed by atoms with Crippen molar-refractivity contribution in [3.63, 3.8) is 0 Å². The monoisotopic (exact) mass is 467 g/mol. The summed E-state index contributed by atoms with van der Waals surface area (Å²) in [5.74, 6) is 0.985. The fraction of sp³-hybridized carbons (Fsp3) is 0.333. The third-order valence-corrected chi connectivity index (χ3v) is 7.33. The highest BCUT2D eigenvalue weighted by molar-refractivity contribution is 7.89. The van der Waals surface area contributed by atoms with Crippen LogP contribution in [0, 0.1) is 0 Å². The molecule has 0 N–H and O–H groups in total. The standard InChI is InChI=1S/C21H20F3N3O4S/c1-30-17-6-8-18(9-7-17)32(28,29)27-12-10-15(11-13-27)20-25-19(26-31-20)14-2-4-16(5-3-14)21(22,23)24/h2-9,15H,10-13H2,1H3. The smallest absolute Gasteiger partial charge is 0.416 e. The highest BCUT2D eigenvalue weighted by Gasteiger charge is 2.33. The average Bonchev–Trinajstić information content (AvgIpc) is 3.29. The molecule has 170 valence electrons. The van der Waals surface area contributed by atoms with E-state index in [0.717, 1.165) is 12.1 Å². The predicted molar refractivity (Wildman–Crippen MR) is 108 cm³/mol. The van der Waals surface area contributed by atoms with E-state index < -0.39 is 21.8 Å². The Bertz CT molecular complexity index is 1170. The Hall–Kier alpha value is -2.92. The number of nitrogens with zero attached hydrogens (tertiary/aromatic N) is 3. The maximum absolute atomic E-state index is 12.9. The van der Waals surface area contributed by atoms with Crippen LogP contribution >= 0.6 is 0 Å². The van der Waals surface area contributed by atoms with Crippen molar-refractivity contribution in [2.45, 2.75) is 29.8 Å².